The molecule has 0 saturated carbocycles. The first-order chi connectivity index (χ1) is 14.1. The van der Waals surface area contributed by atoms with Crippen LogP contribution >= 0.6 is 11.6 Å². The van der Waals surface area contributed by atoms with Gasteiger partial charge in [-0.3, -0.25) is 4.79 Å². The second-order valence-electron chi connectivity index (χ2n) is 6.50. The summed E-state index contributed by atoms with van der Waals surface area (Å²) < 4.78 is 5.86. The minimum atomic E-state index is -0.181. The predicted molar refractivity (Wildman–Crippen MR) is 118 cm³/mol. The lowest BCUT2D eigenvalue weighted by molar-refractivity contribution is 0.102. The first-order valence-corrected chi connectivity index (χ1v) is 9.72. The fourth-order valence-electron chi connectivity index (χ4n) is 3.13. The molecular weight excluding hydrogens is 384 g/mol. The molecule has 3 aromatic carbocycles. The molecular formula is C24H19ClN2O2. The summed E-state index contributed by atoms with van der Waals surface area (Å²) in [5.41, 5.74) is 3.72. The number of para-hydroxylation sites is 1. The Labute approximate surface area is 174 Å². The number of benzene rings is 3. The Hall–Kier alpha value is -3.37. The van der Waals surface area contributed by atoms with Crippen LogP contribution in [0.4, 0.5) is 5.69 Å². The summed E-state index contributed by atoms with van der Waals surface area (Å²) in [5.74, 6) is 0.501. The van der Waals surface area contributed by atoms with E-state index in [1.165, 1.54) is 0 Å². The number of hydrogen-bond acceptors (Lipinski definition) is 3. The topological polar surface area (TPSA) is 51.2 Å². The lowest BCUT2D eigenvalue weighted by Crippen LogP contribution is -2.11. The third-order valence-corrected chi connectivity index (χ3v) is 4.72. The lowest BCUT2D eigenvalue weighted by atomic mass is 10.1. The van der Waals surface area contributed by atoms with Crippen molar-refractivity contribution >= 4 is 34.1 Å². The first-order valence-electron chi connectivity index (χ1n) is 9.34. The minimum Gasteiger partial charge on any atom is -0.493 e. The predicted octanol–water partition coefficient (Wildman–Crippen LogP) is 6.21. The fourth-order valence-corrected chi connectivity index (χ4v) is 3.32. The molecule has 0 unspecified atom stereocenters. The molecule has 0 saturated heterocycles. The maximum Gasteiger partial charge on any atom is 0.255 e. The number of carbonyl (C=O) groups is 1. The number of halogens is 1. The van der Waals surface area contributed by atoms with E-state index in [0.717, 1.165) is 27.8 Å². The van der Waals surface area contributed by atoms with Gasteiger partial charge in [0.2, 0.25) is 0 Å². The molecule has 0 aliphatic heterocycles. The monoisotopic (exact) mass is 402 g/mol. The molecule has 4 nitrogen and oxygen atoms in total. The fraction of sp³-hybridized carbons (Fsp3) is 0.0833. The summed E-state index contributed by atoms with van der Waals surface area (Å²) in [7, 11) is 0. The van der Waals surface area contributed by atoms with Gasteiger partial charge in [0.05, 0.1) is 17.8 Å². The number of nitrogens with one attached hydrogen (secondary N) is 1. The Balaban J connectivity index is 1.75. The SMILES string of the molecule is CCOc1cc(-c2cccc(Cl)c2)nc2ccc(C(=O)Nc3ccccc3)cc12. The average Bonchev–Trinajstić information content (AvgIpc) is 2.74. The van der Waals surface area contributed by atoms with Gasteiger partial charge in [-0.1, -0.05) is 41.9 Å². The molecule has 0 aliphatic carbocycles. The Morgan fingerprint density at radius 2 is 1.83 bits per heavy atom. The van der Waals surface area contributed by atoms with E-state index in [2.05, 4.69) is 5.32 Å². The smallest absolute Gasteiger partial charge is 0.255 e. The number of nitrogens with zero attached hydrogens (tertiary/aromatic N) is 1. The van der Waals surface area contributed by atoms with Gasteiger partial charge in [0.15, 0.2) is 0 Å². The van der Waals surface area contributed by atoms with Crippen molar-refractivity contribution in [2.45, 2.75) is 6.92 Å². The van der Waals surface area contributed by atoms with Gasteiger partial charge >= 0.3 is 0 Å². The van der Waals surface area contributed by atoms with Gasteiger partial charge < -0.3 is 10.1 Å². The Bertz CT molecular complexity index is 1180. The number of aromatic nitrogens is 1. The maximum atomic E-state index is 12.7. The number of hydrogen-bond donors (Lipinski definition) is 1. The molecule has 5 heteroatoms. The van der Waals surface area contributed by atoms with Crippen LogP contribution in [0.25, 0.3) is 22.2 Å². The largest absolute Gasteiger partial charge is 0.493 e. The van der Waals surface area contributed by atoms with Crippen molar-refractivity contribution < 1.29 is 9.53 Å². The van der Waals surface area contributed by atoms with Crippen molar-refractivity contribution in [1.82, 2.24) is 4.98 Å². The molecule has 0 aliphatic rings. The molecule has 144 valence electrons. The first kappa shape index (κ1) is 19.0. The summed E-state index contributed by atoms with van der Waals surface area (Å²) in [6.45, 7) is 2.44. The molecule has 1 heterocycles. The van der Waals surface area contributed by atoms with Crippen molar-refractivity contribution in [3.63, 3.8) is 0 Å². The molecule has 1 amide bonds. The highest BCUT2D eigenvalue weighted by atomic mass is 35.5. The summed E-state index contributed by atoms with van der Waals surface area (Å²) in [6, 6.07) is 24.2. The van der Waals surface area contributed by atoms with Gasteiger partial charge in [-0.25, -0.2) is 4.98 Å². The summed E-state index contributed by atoms with van der Waals surface area (Å²) >= 11 is 6.13. The zero-order valence-corrected chi connectivity index (χ0v) is 16.6. The van der Waals surface area contributed by atoms with Gasteiger partial charge in [0.1, 0.15) is 5.75 Å². The number of ether oxygens (including phenoxy) is 1. The van der Waals surface area contributed by atoms with Crippen LogP contribution in [0.1, 0.15) is 17.3 Å². The number of anilines is 1. The number of amides is 1. The van der Waals surface area contributed by atoms with Crippen molar-refractivity contribution in [2.75, 3.05) is 11.9 Å². The van der Waals surface area contributed by atoms with E-state index in [9.17, 15) is 4.79 Å². The van der Waals surface area contributed by atoms with Crippen molar-refractivity contribution in [3.05, 3.63) is 89.4 Å². The molecule has 0 atom stereocenters. The number of fused-ring (bicyclic) bond motifs is 1. The highest BCUT2D eigenvalue weighted by molar-refractivity contribution is 6.30. The number of carbonyl (C=O) groups excluding carboxylic acids is 1. The molecule has 4 aromatic rings. The second-order valence-corrected chi connectivity index (χ2v) is 6.94. The van der Waals surface area contributed by atoms with Crippen LogP contribution in [-0.4, -0.2) is 17.5 Å². The zero-order valence-electron chi connectivity index (χ0n) is 15.9. The van der Waals surface area contributed by atoms with Crippen LogP contribution in [0.2, 0.25) is 5.02 Å². The van der Waals surface area contributed by atoms with Crippen molar-refractivity contribution in [3.8, 4) is 17.0 Å². The normalized spacial score (nSPS) is 10.7. The van der Waals surface area contributed by atoms with E-state index < -0.39 is 0 Å². The van der Waals surface area contributed by atoms with Gasteiger partial charge in [0.25, 0.3) is 5.91 Å². The molecule has 1 N–H and O–H groups in total. The van der Waals surface area contributed by atoms with Gasteiger partial charge in [-0.2, -0.15) is 0 Å². The molecule has 29 heavy (non-hydrogen) atoms. The zero-order chi connectivity index (χ0) is 20.2. The molecule has 0 bridgehead atoms. The molecule has 1 aromatic heterocycles. The van der Waals surface area contributed by atoms with Crippen LogP contribution in [0.5, 0.6) is 5.75 Å². The second kappa shape index (κ2) is 8.33. The molecule has 4 rings (SSSR count). The van der Waals surface area contributed by atoms with Gasteiger partial charge in [-0.05, 0) is 49.4 Å². The van der Waals surface area contributed by atoms with E-state index in [1.807, 2.05) is 79.7 Å². The highest BCUT2D eigenvalue weighted by Crippen LogP contribution is 2.32. The minimum absolute atomic E-state index is 0.181. The Morgan fingerprint density at radius 1 is 1.00 bits per heavy atom. The van der Waals surface area contributed by atoms with E-state index in [0.29, 0.717) is 22.9 Å². The third kappa shape index (κ3) is 4.23. The van der Waals surface area contributed by atoms with Gasteiger partial charge in [-0.15, -0.1) is 0 Å². The highest BCUT2D eigenvalue weighted by Gasteiger charge is 2.13. The van der Waals surface area contributed by atoms with E-state index in [-0.39, 0.29) is 5.91 Å². The standard InChI is InChI=1S/C24H19ClN2O2/c1-2-29-23-15-22(16-7-6-8-18(25)13-16)27-21-12-11-17(14-20(21)23)24(28)26-19-9-4-3-5-10-19/h3-15H,2H2,1H3,(H,26,28). The summed E-state index contributed by atoms with van der Waals surface area (Å²) in [4.78, 5) is 17.4. The van der Waals surface area contributed by atoms with Gasteiger partial charge in [0, 0.05) is 33.3 Å². The van der Waals surface area contributed by atoms with Crippen molar-refractivity contribution in [1.29, 1.82) is 0 Å². The van der Waals surface area contributed by atoms with E-state index in [1.54, 1.807) is 6.07 Å². The lowest BCUT2D eigenvalue weighted by Gasteiger charge is -2.12. The number of rotatable bonds is 5. The van der Waals surface area contributed by atoms with Crippen LogP contribution < -0.4 is 10.1 Å². The Kier molecular flexibility index (Phi) is 5.45. The Morgan fingerprint density at radius 3 is 2.59 bits per heavy atom. The molecule has 0 radical (unpaired) electrons. The number of pyridine rings is 1. The van der Waals surface area contributed by atoms with Crippen LogP contribution in [0, 0.1) is 0 Å². The molecule has 0 spiro atoms. The van der Waals surface area contributed by atoms with Crippen LogP contribution in [0.3, 0.4) is 0 Å². The van der Waals surface area contributed by atoms with Crippen LogP contribution in [0.15, 0.2) is 78.9 Å². The summed E-state index contributed by atoms with van der Waals surface area (Å²) in [5, 5.41) is 4.34. The summed E-state index contributed by atoms with van der Waals surface area (Å²) in [6.07, 6.45) is 0. The van der Waals surface area contributed by atoms with E-state index in [4.69, 9.17) is 21.3 Å². The van der Waals surface area contributed by atoms with E-state index >= 15 is 0 Å². The quantitative estimate of drug-likeness (QED) is 0.432. The average molecular weight is 403 g/mol. The molecule has 0 fully saturated rings. The van der Waals surface area contributed by atoms with Crippen molar-refractivity contribution in [2.24, 2.45) is 0 Å². The maximum absolute atomic E-state index is 12.7. The van der Waals surface area contributed by atoms with Crippen LogP contribution in [-0.2, 0) is 0 Å². The third-order valence-electron chi connectivity index (χ3n) is 4.48.